The van der Waals surface area contributed by atoms with E-state index in [4.69, 9.17) is 33.2 Å². The van der Waals surface area contributed by atoms with E-state index in [9.17, 15) is 55.9 Å². The molecule has 0 amide bonds. The molecular formula is C25H36O18. The van der Waals surface area contributed by atoms with Crippen molar-refractivity contribution >= 4 is 5.97 Å². The van der Waals surface area contributed by atoms with E-state index in [1.54, 1.807) is 12.1 Å². The van der Waals surface area contributed by atoms with Crippen LogP contribution in [-0.4, -0.2) is 169 Å². The topological polar surface area (TPSA) is 284 Å². The Kier molecular flexibility index (Phi) is 11.1. The highest BCUT2D eigenvalue weighted by Gasteiger charge is 2.54. The standard InChI is InChI=1S/C25H36O18/c1-37-8-2-4-9(5-3-8)38-24-17(33)19(12(28)10(6-26)39-24)42-25-18(34)20(13(29)11(7-27)40-25)41-23-16(32)14(30)15(31)21(43-23)22(35)36/h2-5,10-21,23-34H,6-7H2,1H3,(H,35,36)/t10-,11-,12+,13+,14+,15+,16-,17-,18-,19+,20+,21+,23-,24-,25+/m1/s1. The molecule has 3 fully saturated rings. The second kappa shape index (κ2) is 14.2. The highest BCUT2D eigenvalue weighted by Crippen LogP contribution is 2.33. The van der Waals surface area contributed by atoms with E-state index in [-0.39, 0.29) is 5.75 Å². The average molecular weight is 625 g/mol. The van der Waals surface area contributed by atoms with Gasteiger partial charge in [-0.25, -0.2) is 4.79 Å². The molecule has 3 aliphatic rings. The van der Waals surface area contributed by atoms with Gasteiger partial charge in [-0.2, -0.15) is 0 Å². The first kappa shape index (κ1) is 33.6. The van der Waals surface area contributed by atoms with Crippen molar-refractivity contribution in [2.75, 3.05) is 20.3 Å². The van der Waals surface area contributed by atoms with Crippen LogP contribution in [0.1, 0.15) is 0 Å². The molecule has 0 spiro atoms. The largest absolute Gasteiger partial charge is 0.497 e. The van der Waals surface area contributed by atoms with Gasteiger partial charge in [0, 0.05) is 0 Å². The number of benzene rings is 1. The zero-order valence-corrected chi connectivity index (χ0v) is 22.6. The third kappa shape index (κ3) is 7.02. The molecule has 18 nitrogen and oxygen atoms in total. The number of carbonyl (C=O) groups is 1. The molecule has 0 unspecified atom stereocenters. The monoisotopic (exact) mass is 624 g/mol. The molecule has 0 saturated carbocycles. The van der Waals surface area contributed by atoms with Crippen molar-refractivity contribution < 1.29 is 89.0 Å². The quantitative estimate of drug-likeness (QED) is 0.116. The number of methoxy groups -OCH3 is 1. The summed E-state index contributed by atoms with van der Waals surface area (Å²) in [6.45, 7) is -1.62. The molecular weight excluding hydrogens is 588 g/mol. The van der Waals surface area contributed by atoms with Crippen LogP contribution in [0.25, 0.3) is 0 Å². The van der Waals surface area contributed by atoms with Crippen LogP contribution in [0.5, 0.6) is 11.5 Å². The van der Waals surface area contributed by atoms with Gasteiger partial charge < -0.3 is 84.2 Å². The molecule has 3 saturated heterocycles. The Labute approximate surface area is 243 Å². The van der Waals surface area contributed by atoms with Gasteiger partial charge in [0.25, 0.3) is 0 Å². The molecule has 15 atom stereocenters. The van der Waals surface area contributed by atoms with Crippen LogP contribution in [-0.2, 0) is 28.5 Å². The third-order valence-corrected chi connectivity index (χ3v) is 7.35. The summed E-state index contributed by atoms with van der Waals surface area (Å²) in [5.74, 6) is -0.985. The summed E-state index contributed by atoms with van der Waals surface area (Å²) in [4.78, 5) is 11.4. The van der Waals surface area contributed by atoms with Crippen LogP contribution in [0.15, 0.2) is 24.3 Å². The highest BCUT2D eigenvalue weighted by molar-refractivity contribution is 5.73. The Morgan fingerprint density at radius 3 is 1.60 bits per heavy atom. The van der Waals surface area contributed by atoms with Crippen LogP contribution in [0.3, 0.4) is 0 Å². The number of aliphatic hydroxyl groups is 9. The number of hydrogen-bond donors (Lipinski definition) is 10. The van der Waals surface area contributed by atoms with E-state index in [0.717, 1.165) is 0 Å². The summed E-state index contributed by atoms with van der Waals surface area (Å²) in [6, 6.07) is 6.13. The fraction of sp³-hybridized carbons (Fsp3) is 0.720. The summed E-state index contributed by atoms with van der Waals surface area (Å²) < 4.78 is 37.8. The molecule has 1 aromatic carbocycles. The van der Waals surface area contributed by atoms with Gasteiger partial charge in [-0.15, -0.1) is 0 Å². The van der Waals surface area contributed by atoms with Gasteiger partial charge in [0.1, 0.15) is 78.6 Å². The average Bonchev–Trinajstić information content (AvgIpc) is 2.99. The molecule has 43 heavy (non-hydrogen) atoms. The maximum atomic E-state index is 11.4. The van der Waals surface area contributed by atoms with E-state index < -0.39 is 111 Å². The van der Waals surface area contributed by atoms with Crippen molar-refractivity contribution in [2.24, 2.45) is 0 Å². The number of ether oxygens (including phenoxy) is 7. The molecule has 244 valence electrons. The van der Waals surface area contributed by atoms with Crippen molar-refractivity contribution in [2.45, 2.75) is 92.1 Å². The molecule has 0 bridgehead atoms. The van der Waals surface area contributed by atoms with Crippen LogP contribution >= 0.6 is 0 Å². The summed E-state index contributed by atoms with van der Waals surface area (Å²) in [5, 5.41) is 103. The maximum absolute atomic E-state index is 11.4. The van der Waals surface area contributed by atoms with Crippen LogP contribution in [0.4, 0.5) is 0 Å². The van der Waals surface area contributed by atoms with Crippen LogP contribution in [0.2, 0.25) is 0 Å². The molecule has 3 heterocycles. The van der Waals surface area contributed by atoms with Crippen molar-refractivity contribution in [3.05, 3.63) is 24.3 Å². The lowest BCUT2D eigenvalue weighted by atomic mass is 9.96. The minimum Gasteiger partial charge on any atom is -0.497 e. The molecule has 0 aliphatic carbocycles. The Hall–Kier alpha value is -2.27. The molecule has 10 N–H and O–H groups in total. The fourth-order valence-corrected chi connectivity index (χ4v) is 4.90. The van der Waals surface area contributed by atoms with Gasteiger partial charge in [-0.1, -0.05) is 0 Å². The predicted molar refractivity (Wildman–Crippen MR) is 133 cm³/mol. The Balaban J connectivity index is 1.52. The minimum atomic E-state index is -2.06. The van der Waals surface area contributed by atoms with E-state index in [1.165, 1.54) is 19.2 Å². The van der Waals surface area contributed by atoms with Crippen molar-refractivity contribution in [1.82, 2.24) is 0 Å². The summed E-state index contributed by atoms with van der Waals surface area (Å²) in [5.41, 5.74) is 0. The fourth-order valence-electron chi connectivity index (χ4n) is 4.90. The van der Waals surface area contributed by atoms with Crippen LogP contribution < -0.4 is 9.47 Å². The Bertz CT molecular complexity index is 1040. The number of hydrogen-bond acceptors (Lipinski definition) is 17. The normalized spacial score (nSPS) is 43.6. The first-order valence-electron chi connectivity index (χ1n) is 13.2. The second-order valence-electron chi connectivity index (χ2n) is 10.1. The third-order valence-electron chi connectivity index (χ3n) is 7.35. The second-order valence-corrected chi connectivity index (χ2v) is 10.1. The van der Waals surface area contributed by atoms with E-state index in [2.05, 4.69) is 0 Å². The summed E-state index contributed by atoms with van der Waals surface area (Å²) in [6.07, 6.45) is -27.3. The smallest absolute Gasteiger partial charge is 0.335 e. The van der Waals surface area contributed by atoms with E-state index >= 15 is 0 Å². The van der Waals surface area contributed by atoms with Gasteiger partial charge in [0.05, 0.1) is 20.3 Å². The molecule has 3 aliphatic heterocycles. The first-order chi connectivity index (χ1) is 20.4. The minimum absolute atomic E-state index is 0.209. The number of carboxylic acid groups (broad SMARTS) is 1. The zero-order valence-electron chi connectivity index (χ0n) is 22.6. The number of aliphatic carboxylic acids is 1. The van der Waals surface area contributed by atoms with Gasteiger partial charge in [0.2, 0.25) is 6.29 Å². The van der Waals surface area contributed by atoms with Gasteiger partial charge in [0.15, 0.2) is 18.7 Å². The van der Waals surface area contributed by atoms with Gasteiger partial charge >= 0.3 is 5.97 Å². The van der Waals surface area contributed by atoms with Crippen LogP contribution in [0, 0.1) is 0 Å². The summed E-state index contributed by atoms with van der Waals surface area (Å²) in [7, 11) is 1.46. The van der Waals surface area contributed by atoms with Crippen molar-refractivity contribution in [3.63, 3.8) is 0 Å². The lowest BCUT2D eigenvalue weighted by Crippen LogP contribution is -2.67. The molecule has 4 rings (SSSR count). The first-order valence-corrected chi connectivity index (χ1v) is 13.2. The molecule has 18 heteroatoms. The molecule has 1 aromatic rings. The van der Waals surface area contributed by atoms with Crippen molar-refractivity contribution in [3.8, 4) is 11.5 Å². The van der Waals surface area contributed by atoms with Gasteiger partial charge in [-0.3, -0.25) is 0 Å². The lowest BCUT2D eigenvalue weighted by molar-refractivity contribution is -0.376. The molecule has 0 aromatic heterocycles. The predicted octanol–water partition coefficient (Wildman–Crippen LogP) is -5.39. The Morgan fingerprint density at radius 1 is 0.651 bits per heavy atom. The zero-order chi connectivity index (χ0) is 31.6. The van der Waals surface area contributed by atoms with Crippen molar-refractivity contribution in [1.29, 1.82) is 0 Å². The highest BCUT2D eigenvalue weighted by atomic mass is 16.8. The summed E-state index contributed by atoms with van der Waals surface area (Å²) >= 11 is 0. The number of rotatable bonds is 10. The molecule has 0 radical (unpaired) electrons. The lowest BCUT2D eigenvalue weighted by Gasteiger charge is -2.48. The SMILES string of the molecule is COc1ccc(O[C@@H]2O[C@H](CO)[C@H](O)[C@H](O[C@@H]3O[C@H](CO)[C@H](O)[C@H](O[C@@H]4O[C@H](C(=O)O)[C@@H](O)[C@H](O)[C@H]4O)[C@H]3O)[C@H]2O)cc1. The van der Waals surface area contributed by atoms with E-state index in [1.807, 2.05) is 0 Å². The van der Waals surface area contributed by atoms with E-state index in [0.29, 0.717) is 5.75 Å². The van der Waals surface area contributed by atoms with Gasteiger partial charge in [-0.05, 0) is 24.3 Å². The Morgan fingerprint density at radius 2 is 1.12 bits per heavy atom. The number of aliphatic hydroxyl groups excluding tert-OH is 9. The number of carboxylic acids is 1. The maximum Gasteiger partial charge on any atom is 0.335 e.